The van der Waals surface area contributed by atoms with Gasteiger partial charge in [0.1, 0.15) is 17.3 Å². The molecular formula is C37H30Cl3FN6O8. The van der Waals surface area contributed by atoms with Crippen molar-refractivity contribution in [1.82, 2.24) is 23.5 Å². The third-order valence-corrected chi connectivity index (χ3v) is 12.4. The normalized spacial score (nSPS) is 23.0. The minimum absolute atomic E-state index is 0.00289. The first-order valence-electron chi connectivity index (χ1n) is 16.9. The molecule has 0 spiro atoms. The number of methoxy groups -OCH3 is 2. The van der Waals surface area contributed by atoms with Gasteiger partial charge in [0.15, 0.2) is 21.2 Å². The summed E-state index contributed by atoms with van der Waals surface area (Å²) in [6.07, 6.45) is 1.08. The molecule has 0 unspecified atom stereocenters. The number of amides is 2. The molecule has 284 valence electrons. The molecule has 2 aromatic heterocycles. The second-order valence-corrected chi connectivity index (χ2v) is 15.2. The number of nitrogens with zero attached hydrogens (tertiary/aromatic N) is 6. The van der Waals surface area contributed by atoms with Crippen LogP contribution in [0.2, 0.25) is 5.02 Å². The zero-order chi connectivity index (χ0) is 39.3. The highest BCUT2D eigenvalue weighted by Crippen LogP contribution is 2.64. The smallest absolute Gasteiger partial charge is 0.347 e. The van der Waals surface area contributed by atoms with Gasteiger partial charge in [0.25, 0.3) is 17.4 Å². The van der Waals surface area contributed by atoms with Gasteiger partial charge in [-0.15, -0.1) is 23.2 Å². The molecule has 5 aromatic rings. The van der Waals surface area contributed by atoms with E-state index in [1.807, 2.05) is 0 Å². The molecule has 55 heavy (non-hydrogen) atoms. The van der Waals surface area contributed by atoms with E-state index in [9.17, 15) is 33.5 Å². The van der Waals surface area contributed by atoms with E-state index in [4.69, 9.17) is 44.3 Å². The summed E-state index contributed by atoms with van der Waals surface area (Å²) in [5, 5.41) is 11.4. The van der Waals surface area contributed by atoms with E-state index in [0.717, 1.165) is 26.3 Å². The summed E-state index contributed by atoms with van der Waals surface area (Å²) in [5.41, 5.74) is -0.573. The first-order valence-corrected chi connectivity index (χ1v) is 18.0. The Morgan fingerprint density at radius 1 is 0.945 bits per heavy atom. The highest BCUT2D eigenvalue weighted by Gasteiger charge is 2.76. The van der Waals surface area contributed by atoms with Gasteiger partial charge in [0, 0.05) is 55.1 Å². The Bertz CT molecular complexity index is 2710. The van der Waals surface area contributed by atoms with E-state index < -0.39 is 62.7 Å². The van der Waals surface area contributed by atoms with Gasteiger partial charge in [0.2, 0.25) is 0 Å². The summed E-state index contributed by atoms with van der Waals surface area (Å²) < 4.78 is 29.4. The number of alkyl halides is 2. The SMILES string of the molecule is COc1cc2nc(CCn3c(=O)n4n(c3=O)[C@@H]3C[C@@]5(Cl)C(=O)N(c6ccc(F)cc6)C(=O)[C@@]5(Cl)[C@@H](c5cc(Cl)ccc5O)C3=CC4)c(=O)n(C)c2cc1OC. The lowest BCUT2D eigenvalue weighted by Gasteiger charge is -2.49. The quantitative estimate of drug-likeness (QED) is 0.146. The van der Waals surface area contributed by atoms with E-state index in [1.54, 1.807) is 25.3 Å². The number of halogens is 4. The number of fused-ring (bicyclic) bond motifs is 5. The molecule has 4 atom stereocenters. The molecule has 1 N–H and O–H groups in total. The Labute approximate surface area is 325 Å². The largest absolute Gasteiger partial charge is 0.508 e. The van der Waals surface area contributed by atoms with Crippen molar-refractivity contribution in [2.45, 2.75) is 47.6 Å². The van der Waals surface area contributed by atoms with E-state index >= 15 is 0 Å². The van der Waals surface area contributed by atoms with E-state index in [1.165, 1.54) is 53.8 Å². The molecular weight excluding hydrogens is 782 g/mol. The monoisotopic (exact) mass is 810 g/mol. The molecule has 2 amide bonds. The maximum Gasteiger partial charge on any atom is 0.347 e. The summed E-state index contributed by atoms with van der Waals surface area (Å²) >= 11 is 21.1. The predicted octanol–water partition coefficient (Wildman–Crippen LogP) is 4.01. The number of benzene rings is 3. The number of hydrogen-bond acceptors (Lipinski definition) is 9. The standard InChI is InChI=1S/C37H30Cl3FN6O8/c1-43-25-16-29(55-3)28(54-2)15-24(25)42-23(31(43)49)11-12-44-34(52)45-13-10-21-26(47(45)35(44)53)17-36(39)32(50)46(20-7-5-19(41)6-8-20)33(51)37(36,40)30(21)22-14-18(38)4-9-27(22)48/h4-10,14-16,26,30,48H,11-13,17H2,1-3H3/t26-,30-,36-,37+/m1/s1. The van der Waals surface area contributed by atoms with Crippen molar-refractivity contribution in [2.24, 2.45) is 7.05 Å². The van der Waals surface area contributed by atoms with Crippen molar-refractivity contribution < 1.29 is 28.6 Å². The molecule has 0 bridgehead atoms. The van der Waals surface area contributed by atoms with Gasteiger partial charge < -0.3 is 19.1 Å². The van der Waals surface area contributed by atoms with Crippen molar-refractivity contribution in [3.05, 3.63) is 120 Å². The zero-order valence-electron chi connectivity index (χ0n) is 29.3. The number of imide groups is 1. The minimum Gasteiger partial charge on any atom is -0.508 e. The third-order valence-electron chi connectivity index (χ3n) is 10.8. The zero-order valence-corrected chi connectivity index (χ0v) is 31.5. The van der Waals surface area contributed by atoms with Crippen LogP contribution in [0, 0.1) is 5.82 Å². The molecule has 2 aliphatic heterocycles. The molecule has 1 saturated heterocycles. The lowest BCUT2D eigenvalue weighted by Crippen LogP contribution is -2.59. The fourth-order valence-electron chi connectivity index (χ4n) is 8.09. The van der Waals surface area contributed by atoms with Crippen LogP contribution in [0.15, 0.2) is 80.6 Å². The summed E-state index contributed by atoms with van der Waals surface area (Å²) in [4.78, 5) is 71.3. The van der Waals surface area contributed by atoms with Crippen LogP contribution in [-0.2, 0) is 36.1 Å². The number of aromatic hydroxyl groups is 1. The molecule has 1 aliphatic carbocycles. The second kappa shape index (κ2) is 12.9. The van der Waals surface area contributed by atoms with Crippen LogP contribution in [0.5, 0.6) is 17.2 Å². The number of phenolic OH excluding ortho intramolecular Hbond substituents is 1. The number of rotatable bonds is 7. The molecule has 2 fully saturated rings. The van der Waals surface area contributed by atoms with Crippen LogP contribution in [0.1, 0.15) is 29.6 Å². The fourth-order valence-corrected chi connectivity index (χ4v) is 9.18. The van der Waals surface area contributed by atoms with Gasteiger partial charge in [0.05, 0.1) is 43.5 Å². The summed E-state index contributed by atoms with van der Waals surface area (Å²) in [6.45, 7) is -0.401. The molecule has 0 radical (unpaired) electrons. The molecule has 14 nitrogen and oxygen atoms in total. The topological polar surface area (TPSA) is 160 Å². The number of ether oxygens (including phenoxy) is 2. The van der Waals surface area contributed by atoms with E-state index in [0.29, 0.717) is 28.1 Å². The molecule has 18 heteroatoms. The number of carbonyl (C=O) groups excluding carboxylic acids is 2. The Morgan fingerprint density at radius 2 is 1.64 bits per heavy atom. The molecule has 4 heterocycles. The number of allylic oxidation sites excluding steroid dienone is 2. The lowest BCUT2D eigenvalue weighted by atomic mass is 9.64. The van der Waals surface area contributed by atoms with Crippen molar-refractivity contribution >= 4 is 63.3 Å². The van der Waals surface area contributed by atoms with Gasteiger partial charge in [-0.25, -0.2) is 37.8 Å². The predicted molar refractivity (Wildman–Crippen MR) is 200 cm³/mol. The number of phenols is 1. The van der Waals surface area contributed by atoms with Crippen molar-refractivity contribution in [3.63, 3.8) is 0 Å². The van der Waals surface area contributed by atoms with Crippen LogP contribution in [-0.4, -0.2) is 64.4 Å². The Balaban J connectivity index is 1.23. The lowest BCUT2D eigenvalue weighted by molar-refractivity contribution is -0.122. The third kappa shape index (κ3) is 5.12. The van der Waals surface area contributed by atoms with Gasteiger partial charge in [-0.2, -0.15) is 0 Å². The summed E-state index contributed by atoms with van der Waals surface area (Å²) in [5.74, 6) is -3.35. The average Bonchev–Trinajstić information content (AvgIpc) is 3.50. The molecule has 3 aromatic carbocycles. The Morgan fingerprint density at radius 3 is 2.33 bits per heavy atom. The van der Waals surface area contributed by atoms with Crippen molar-refractivity contribution in [2.75, 3.05) is 19.1 Å². The summed E-state index contributed by atoms with van der Waals surface area (Å²) in [6, 6.07) is 10.8. The number of aryl methyl sites for hydroxylation is 2. The van der Waals surface area contributed by atoms with Gasteiger partial charge >= 0.3 is 11.4 Å². The first kappa shape index (κ1) is 36.6. The molecule has 1 saturated carbocycles. The maximum absolute atomic E-state index is 14.5. The average molecular weight is 812 g/mol. The van der Waals surface area contributed by atoms with Gasteiger partial charge in [-0.05, 0) is 48.0 Å². The van der Waals surface area contributed by atoms with E-state index in [2.05, 4.69) is 4.98 Å². The van der Waals surface area contributed by atoms with Crippen LogP contribution in [0.25, 0.3) is 11.0 Å². The van der Waals surface area contributed by atoms with Crippen LogP contribution in [0.3, 0.4) is 0 Å². The minimum atomic E-state index is -2.28. The van der Waals surface area contributed by atoms with Crippen molar-refractivity contribution in [3.8, 4) is 17.2 Å². The van der Waals surface area contributed by atoms with E-state index in [-0.39, 0.29) is 47.2 Å². The first-order chi connectivity index (χ1) is 26.2. The highest BCUT2D eigenvalue weighted by molar-refractivity contribution is 6.58. The number of hydrogen-bond donors (Lipinski definition) is 1. The molecule has 8 rings (SSSR count). The van der Waals surface area contributed by atoms with Crippen LogP contribution >= 0.6 is 34.8 Å². The van der Waals surface area contributed by atoms with Crippen LogP contribution in [0.4, 0.5) is 10.1 Å². The Hall–Kier alpha value is -5.38. The number of aromatic nitrogens is 5. The van der Waals surface area contributed by atoms with Crippen molar-refractivity contribution in [1.29, 1.82) is 0 Å². The fraction of sp³-hybridized carbons (Fsp3) is 0.297. The van der Waals surface area contributed by atoms with Gasteiger partial charge in [-0.1, -0.05) is 17.7 Å². The highest BCUT2D eigenvalue weighted by atomic mass is 35.5. The Kier molecular flexibility index (Phi) is 8.55. The number of carbonyl (C=O) groups is 2. The van der Waals surface area contributed by atoms with Gasteiger partial charge in [-0.3, -0.25) is 14.4 Å². The molecule has 3 aliphatic rings. The van der Waals surface area contributed by atoms with Crippen LogP contribution < -0.4 is 31.3 Å². The second-order valence-electron chi connectivity index (χ2n) is 13.5. The summed E-state index contributed by atoms with van der Waals surface area (Å²) in [7, 11) is 4.50. The maximum atomic E-state index is 14.5. The number of anilines is 1.